The van der Waals surface area contributed by atoms with Crippen LogP contribution in [0.3, 0.4) is 0 Å². The molecule has 3 rings (SSSR count). The molecule has 0 amide bonds. The molecule has 0 saturated heterocycles. The van der Waals surface area contributed by atoms with Gasteiger partial charge in [-0.15, -0.1) is 11.3 Å². The Balaban J connectivity index is 1.54. The Morgan fingerprint density at radius 2 is 1.58 bits per heavy atom. The van der Waals surface area contributed by atoms with E-state index in [4.69, 9.17) is 0 Å². The first kappa shape index (κ1) is 18.8. The number of hydrogen-bond donors (Lipinski definition) is 1. The normalized spacial score (nSPS) is 11.6. The lowest BCUT2D eigenvalue weighted by Crippen LogP contribution is -2.27. The van der Waals surface area contributed by atoms with Crippen molar-refractivity contribution in [2.75, 3.05) is 6.54 Å². The maximum atomic E-state index is 12.2. The van der Waals surface area contributed by atoms with E-state index >= 15 is 0 Å². The molecule has 0 atom stereocenters. The van der Waals surface area contributed by atoms with Crippen LogP contribution in [-0.2, 0) is 28.6 Å². The molecule has 0 spiro atoms. The molecule has 6 heteroatoms. The molecule has 26 heavy (non-hydrogen) atoms. The van der Waals surface area contributed by atoms with Gasteiger partial charge in [-0.05, 0) is 18.1 Å². The first-order valence-corrected chi connectivity index (χ1v) is 11.0. The van der Waals surface area contributed by atoms with Crippen molar-refractivity contribution in [2.45, 2.75) is 25.5 Å². The van der Waals surface area contributed by atoms with E-state index in [1.54, 1.807) is 11.3 Å². The number of sulfonamides is 1. The zero-order valence-corrected chi connectivity index (χ0v) is 16.3. The number of aryl methyl sites for hydroxylation is 1. The Labute approximate surface area is 159 Å². The summed E-state index contributed by atoms with van der Waals surface area (Å²) in [6.45, 7) is 2.38. The third kappa shape index (κ3) is 5.49. The van der Waals surface area contributed by atoms with E-state index in [0.29, 0.717) is 13.0 Å². The van der Waals surface area contributed by atoms with E-state index < -0.39 is 10.0 Å². The van der Waals surface area contributed by atoms with E-state index in [0.717, 1.165) is 22.7 Å². The average molecular weight is 387 g/mol. The minimum atomic E-state index is -3.33. The number of nitrogens with one attached hydrogen (secondary N) is 1. The predicted octanol–water partition coefficient (Wildman–Crippen LogP) is 3.70. The minimum absolute atomic E-state index is 0.00396. The summed E-state index contributed by atoms with van der Waals surface area (Å²) in [6.07, 6.45) is 1.47. The molecule has 0 radical (unpaired) electrons. The van der Waals surface area contributed by atoms with Crippen molar-refractivity contribution in [1.82, 2.24) is 9.71 Å². The van der Waals surface area contributed by atoms with Gasteiger partial charge in [0.15, 0.2) is 0 Å². The summed E-state index contributed by atoms with van der Waals surface area (Å²) >= 11 is 1.66. The van der Waals surface area contributed by atoms with E-state index in [1.165, 1.54) is 10.4 Å². The number of benzene rings is 2. The van der Waals surface area contributed by atoms with E-state index in [2.05, 4.69) is 21.8 Å². The maximum absolute atomic E-state index is 12.2. The molecule has 4 nitrogen and oxygen atoms in total. The van der Waals surface area contributed by atoms with Crippen molar-refractivity contribution >= 4 is 21.4 Å². The highest BCUT2D eigenvalue weighted by Gasteiger charge is 2.12. The molecular formula is C20H22N2O2S2. The van der Waals surface area contributed by atoms with Gasteiger partial charge in [0, 0.05) is 24.3 Å². The van der Waals surface area contributed by atoms with Crippen LogP contribution in [0.15, 0.2) is 60.7 Å². The Bertz CT molecular complexity index is 936. The van der Waals surface area contributed by atoms with Crippen LogP contribution < -0.4 is 4.72 Å². The Kier molecular flexibility index (Phi) is 6.19. The van der Waals surface area contributed by atoms with Gasteiger partial charge in [-0.3, -0.25) is 0 Å². The van der Waals surface area contributed by atoms with Gasteiger partial charge in [0.25, 0.3) is 0 Å². The molecule has 1 heterocycles. The minimum Gasteiger partial charge on any atom is -0.246 e. The predicted molar refractivity (Wildman–Crippen MR) is 107 cm³/mol. The van der Waals surface area contributed by atoms with Crippen LogP contribution >= 0.6 is 11.3 Å². The highest BCUT2D eigenvalue weighted by molar-refractivity contribution is 7.88. The monoisotopic (exact) mass is 386 g/mol. The Morgan fingerprint density at radius 1 is 0.962 bits per heavy atom. The van der Waals surface area contributed by atoms with Gasteiger partial charge < -0.3 is 0 Å². The standard InChI is InChI=1S/C20H22N2O2S2/c1-16-19(14-17-8-4-2-5-9-17)25-20(22-16)12-13-21-26(23,24)15-18-10-6-3-7-11-18/h2-11,21H,12-15H2,1H3. The maximum Gasteiger partial charge on any atom is 0.215 e. The summed E-state index contributed by atoms with van der Waals surface area (Å²) < 4.78 is 27.0. The van der Waals surface area contributed by atoms with Crippen molar-refractivity contribution < 1.29 is 8.42 Å². The molecule has 0 fully saturated rings. The second-order valence-electron chi connectivity index (χ2n) is 6.17. The van der Waals surface area contributed by atoms with Gasteiger partial charge in [-0.2, -0.15) is 0 Å². The lowest BCUT2D eigenvalue weighted by atomic mass is 10.1. The van der Waals surface area contributed by atoms with Gasteiger partial charge in [0.05, 0.1) is 16.5 Å². The summed E-state index contributed by atoms with van der Waals surface area (Å²) in [4.78, 5) is 5.83. The first-order chi connectivity index (χ1) is 12.5. The fourth-order valence-electron chi connectivity index (χ4n) is 2.70. The number of nitrogens with zero attached hydrogens (tertiary/aromatic N) is 1. The lowest BCUT2D eigenvalue weighted by Gasteiger charge is -2.05. The van der Waals surface area contributed by atoms with Crippen LogP contribution in [0.4, 0.5) is 0 Å². The summed E-state index contributed by atoms with van der Waals surface area (Å²) in [5, 5.41) is 0.968. The smallest absolute Gasteiger partial charge is 0.215 e. The molecule has 0 aliphatic carbocycles. The van der Waals surface area contributed by atoms with Gasteiger partial charge in [0.1, 0.15) is 0 Å². The second kappa shape index (κ2) is 8.58. The zero-order chi connectivity index (χ0) is 18.4. The molecule has 136 valence electrons. The van der Waals surface area contributed by atoms with Crippen molar-refractivity contribution in [3.63, 3.8) is 0 Å². The quantitative estimate of drug-likeness (QED) is 0.642. The number of hydrogen-bond acceptors (Lipinski definition) is 4. The molecule has 0 bridgehead atoms. The van der Waals surface area contributed by atoms with Crippen LogP contribution in [0, 0.1) is 6.92 Å². The molecule has 0 aliphatic rings. The van der Waals surface area contributed by atoms with Gasteiger partial charge in [-0.1, -0.05) is 60.7 Å². The third-order valence-corrected chi connectivity index (χ3v) is 6.58. The van der Waals surface area contributed by atoms with Crippen molar-refractivity contribution in [3.8, 4) is 0 Å². The van der Waals surface area contributed by atoms with Crippen LogP contribution in [0.2, 0.25) is 0 Å². The summed E-state index contributed by atoms with van der Waals surface area (Å²) in [7, 11) is -3.33. The first-order valence-electron chi connectivity index (χ1n) is 8.52. The molecular weight excluding hydrogens is 364 g/mol. The topological polar surface area (TPSA) is 59.1 Å². The fourth-order valence-corrected chi connectivity index (χ4v) is 4.95. The zero-order valence-electron chi connectivity index (χ0n) is 14.7. The van der Waals surface area contributed by atoms with Crippen LogP contribution in [0.5, 0.6) is 0 Å². The summed E-state index contributed by atoms with van der Waals surface area (Å²) in [6, 6.07) is 19.5. The second-order valence-corrected chi connectivity index (χ2v) is 9.14. The van der Waals surface area contributed by atoms with Crippen LogP contribution in [0.1, 0.15) is 26.7 Å². The molecule has 0 unspecified atom stereocenters. The molecule has 3 aromatic rings. The van der Waals surface area contributed by atoms with Gasteiger partial charge in [0.2, 0.25) is 10.0 Å². The largest absolute Gasteiger partial charge is 0.246 e. The van der Waals surface area contributed by atoms with Crippen LogP contribution in [-0.4, -0.2) is 19.9 Å². The highest BCUT2D eigenvalue weighted by atomic mass is 32.2. The molecule has 1 N–H and O–H groups in total. The van der Waals surface area contributed by atoms with E-state index in [1.807, 2.05) is 55.5 Å². The third-order valence-electron chi connectivity index (χ3n) is 4.00. The SMILES string of the molecule is Cc1nc(CCNS(=O)(=O)Cc2ccccc2)sc1Cc1ccccc1. The van der Waals surface area contributed by atoms with Crippen molar-refractivity contribution in [1.29, 1.82) is 0 Å². The fraction of sp³-hybridized carbons (Fsp3) is 0.250. The Hall–Kier alpha value is -2.02. The number of aromatic nitrogens is 1. The van der Waals surface area contributed by atoms with Gasteiger partial charge >= 0.3 is 0 Å². The molecule has 0 saturated carbocycles. The summed E-state index contributed by atoms with van der Waals surface area (Å²) in [5.41, 5.74) is 3.07. The molecule has 0 aliphatic heterocycles. The lowest BCUT2D eigenvalue weighted by molar-refractivity contribution is 0.580. The van der Waals surface area contributed by atoms with E-state index in [-0.39, 0.29) is 5.75 Å². The average Bonchev–Trinajstić information content (AvgIpc) is 2.95. The van der Waals surface area contributed by atoms with E-state index in [9.17, 15) is 8.42 Å². The Morgan fingerprint density at radius 3 is 2.23 bits per heavy atom. The van der Waals surface area contributed by atoms with Crippen molar-refractivity contribution in [2.24, 2.45) is 0 Å². The number of rotatable bonds is 8. The number of thiazole rings is 1. The molecule has 1 aromatic heterocycles. The highest BCUT2D eigenvalue weighted by Crippen LogP contribution is 2.22. The van der Waals surface area contributed by atoms with Crippen LogP contribution in [0.25, 0.3) is 0 Å². The molecule has 2 aromatic carbocycles. The van der Waals surface area contributed by atoms with Crippen molar-refractivity contribution in [3.05, 3.63) is 87.4 Å². The summed E-state index contributed by atoms with van der Waals surface area (Å²) in [5.74, 6) is 0.00396. The van der Waals surface area contributed by atoms with Gasteiger partial charge in [-0.25, -0.2) is 18.1 Å².